The number of hydrogen-bond donors (Lipinski definition) is 1. The van der Waals surface area contributed by atoms with Crippen LogP contribution in [0, 0.1) is 6.92 Å². The number of hydrogen-bond acceptors (Lipinski definition) is 4. The molecule has 6 nitrogen and oxygen atoms in total. The molecule has 0 aliphatic carbocycles. The van der Waals surface area contributed by atoms with E-state index in [9.17, 15) is 9.59 Å². The molecule has 1 aromatic heterocycles. The van der Waals surface area contributed by atoms with Gasteiger partial charge in [0.1, 0.15) is 17.1 Å². The number of rotatable bonds is 1. The number of likely N-dealkylation sites (tertiary alicyclic amines) is 1. The fourth-order valence-corrected chi connectivity index (χ4v) is 3.95. The van der Waals surface area contributed by atoms with Crippen molar-refractivity contribution in [3.05, 3.63) is 53.0 Å². The van der Waals surface area contributed by atoms with Gasteiger partial charge in [0.15, 0.2) is 5.76 Å². The Morgan fingerprint density at radius 2 is 1.86 bits per heavy atom. The third-order valence-corrected chi connectivity index (χ3v) is 5.84. The highest BCUT2D eigenvalue weighted by Crippen LogP contribution is 2.34. The number of furan rings is 1. The van der Waals surface area contributed by atoms with Crippen LogP contribution in [0.2, 0.25) is 0 Å². The lowest BCUT2D eigenvalue weighted by Gasteiger charge is -2.40. The number of benzene rings is 1. The van der Waals surface area contributed by atoms with Gasteiger partial charge in [-0.1, -0.05) is 32.9 Å². The highest BCUT2D eigenvalue weighted by molar-refractivity contribution is 5.97. The van der Waals surface area contributed by atoms with Crippen molar-refractivity contribution in [2.45, 2.75) is 51.6 Å². The highest BCUT2D eigenvalue weighted by Gasteiger charge is 2.41. The molecule has 2 aliphatic rings. The Balaban J connectivity index is 1.49. The van der Waals surface area contributed by atoms with Crippen LogP contribution in [0.3, 0.4) is 0 Å². The van der Waals surface area contributed by atoms with Crippen molar-refractivity contribution in [3.8, 4) is 5.75 Å². The Bertz CT molecular complexity index is 946. The first-order valence-corrected chi connectivity index (χ1v) is 10.1. The third kappa shape index (κ3) is 3.63. The maximum Gasteiger partial charge on any atom is 0.289 e. The minimum absolute atomic E-state index is 0.0779. The molecule has 1 N–H and O–H groups in total. The van der Waals surface area contributed by atoms with E-state index < -0.39 is 5.60 Å². The van der Waals surface area contributed by atoms with Gasteiger partial charge in [0.25, 0.3) is 11.8 Å². The van der Waals surface area contributed by atoms with Crippen LogP contribution >= 0.6 is 0 Å². The highest BCUT2D eigenvalue weighted by atomic mass is 16.5. The molecule has 1 saturated heterocycles. The van der Waals surface area contributed by atoms with Crippen molar-refractivity contribution >= 4 is 11.8 Å². The lowest BCUT2D eigenvalue weighted by molar-refractivity contribution is 0.00659. The molecule has 2 aliphatic heterocycles. The summed E-state index contributed by atoms with van der Waals surface area (Å²) >= 11 is 0. The first-order chi connectivity index (χ1) is 13.7. The lowest BCUT2D eigenvalue weighted by Crippen LogP contribution is -2.54. The van der Waals surface area contributed by atoms with E-state index in [-0.39, 0.29) is 17.2 Å². The molecule has 2 amide bonds. The van der Waals surface area contributed by atoms with E-state index in [1.807, 2.05) is 36.1 Å². The number of carbonyl (C=O) groups is 2. The lowest BCUT2D eigenvalue weighted by atomic mass is 9.90. The van der Waals surface area contributed by atoms with Crippen LogP contribution < -0.4 is 10.1 Å². The van der Waals surface area contributed by atoms with Gasteiger partial charge in [-0.15, -0.1) is 0 Å². The molecule has 6 heteroatoms. The smallest absolute Gasteiger partial charge is 0.289 e. The van der Waals surface area contributed by atoms with Crippen LogP contribution in [0.15, 0.2) is 34.7 Å². The summed E-state index contributed by atoms with van der Waals surface area (Å²) in [5, 5.41) is 2.98. The van der Waals surface area contributed by atoms with Crippen LogP contribution in [0.1, 0.15) is 65.8 Å². The number of amides is 2. The van der Waals surface area contributed by atoms with Crippen molar-refractivity contribution in [2.24, 2.45) is 0 Å². The maximum absolute atomic E-state index is 13.1. The molecule has 0 saturated carbocycles. The number of fused-ring (bicyclic) bond motifs is 1. The summed E-state index contributed by atoms with van der Waals surface area (Å²) in [7, 11) is 0. The van der Waals surface area contributed by atoms with Gasteiger partial charge < -0.3 is 19.4 Å². The van der Waals surface area contributed by atoms with Gasteiger partial charge in [-0.3, -0.25) is 9.59 Å². The molecule has 1 spiro atoms. The van der Waals surface area contributed by atoms with Crippen molar-refractivity contribution in [2.75, 3.05) is 19.6 Å². The van der Waals surface area contributed by atoms with E-state index in [0.29, 0.717) is 49.5 Å². The van der Waals surface area contributed by atoms with Crippen LogP contribution in [-0.2, 0) is 5.41 Å². The third-order valence-electron chi connectivity index (χ3n) is 5.84. The molecule has 29 heavy (non-hydrogen) atoms. The van der Waals surface area contributed by atoms with Gasteiger partial charge in [-0.2, -0.15) is 0 Å². The number of aryl methyl sites for hydroxylation is 1. The van der Waals surface area contributed by atoms with Crippen molar-refractivity contribution in [1.29, 1.82) is 0 Å². The van der Waals surface area contributed by atoms with Crippen molar-refractivity contribution in [1.82, 2.24) is 10.2 Å². The van der Waals surface area contributed by atoms with Crippen LogP contribution in [0.5, 0.6) is 5.75 Å². The molecule has 1 aromatic carbocycles. The first-order valence-electron chi connectivity index (χ1n) is 10.1. The van der Waals surface area contributed by atoms with Gasteiger partial charge in [-0.05, 0) is 25.1 Å². The standard InChI is InChI=1S/C23H28N2O4/c1-15-13-18(22(2,3)4)28-19(15)21(27)25-11-9-23(10-12-25)14-24-20(26)16-7-5-6-8-17(16)29-23/h5-8,13H,9-12,14H2,1-4H3,(H,24,26). The maximum atomic E-state index is 13.1. The number of ether oxygens (including phenoxy) is 1. The molecule has 154 valence electrons. The zero-order chi connectivity index (χ0) is 20.8. The molecule has 0 bridgehead atoms. The Morgan fingerprint density at radius 1 is 1.17 bits per heavy atom. The average Bonchev–Trinajstić information content (AvgIpc) is 3.03. The summed E-state index contributed by atoms with van der Waals surface area (Å²) < 4.78 is 12.2. The number of nitrogens with zero attached hydrogens (tertiary/aromatic N) is 1. The van der Waals surface area contributed by atoms with Crippen LogP contribution in [0.4, 0.5) is 0 Å². The van der Waals surface area contributed by atoms with Gasteiger partial charge in [0.05, 0.1) is 12.1 Å². The van der Waals surface area contributed by atoms with Gasteiger partial charge in [0, 0.05) is 36.9 Å². The molecule has 0 atom stereocenters. The molecular formula is C23H28N2O4. The van der Waals surface area contributed by atoms with Crippen LogP contribution in [-0.4, -0.2) is 41.9 Å². The monoisotopic (exact) mass is 396 g/mol. The molecule has 1 fully saturated rings. The Kier molecular flexibility index (Phi) is 4.68. The predicted molar refractivity (Wildman–Crippen MR) is 109 cm³/mol. The van der Waals surface area contributed by atoms with E-state index in [4.69, 9.17) is 9.15 Å². The Hall–Kier alpha value is -2.76. The SMILES string of the molecule is Cc1cc(C(C)(C)C)oc1C(=O)N1CCC2(CC1)CNC(=O)c1ccccc1O2. The number of piperidine rings is 1. The summed E-state index contributed by atoms with van der Waals surface area (Å²) in [4.78, 5) is 27.2. The van der Waals surface area contributed by atoms with Crippen molar-refractivity contribution in [3.63, 3.8) is 0 Å². The van der Waals surface area contributed by atoms with Crippen LogP contribution in [0.25, 0.3) is 0 Å². The van der Waals surface area contributed by atoms with Gasteiger partial charge in [0.2, 0.25) is 0 Å². The normalized spacial score (nSPS) is 18.6. The second-order valence-electron chi connectivity index (χ2n) is 9.13. The second kappa shape index (κ2) is 6.94. The Labute approximate surface area is 171 Å². The zero-order valence-electron chi connectivity index (χ0n) is 17.5. The fourth-order valence-electron chi connectivity index (χ4n) is 3.95. The topological polar surface area (TPSA) is 71.8 Å². The summed E-state index contributed by atoms with van der Waals surface area (Å²) in [5.74, 6) is 1.66. The summed E-state index contributed by atoms with van der Waals surface area (Å²) in [6, 6.07) is 9.27. The molecule has 0 unspecified atom stereocenters. The quantitative estimate of drug-likeness (QED) is 0.798. The predicted octanol–water partition coefficient (Wildman–Crippen LogP) is 3.68. The summed E-state index contributed by atoms with van der Waals surface area (Å²) in [6.45, 7) is 9.68. The van der Waals surface area contributed by atoms with Crippen molar-refractivity contribution < 1.29 is 18.7 Å². The first kappa shape index (κ1) is 19.6. The Morgan fingerprint density at radius 3 is 2.52 bits per heavy atom. The molecule has 0 radical (unpaired) electrons. The summed E-state index contributed by atoms with van der Waals surface area (Å²) in [5.41, 5.74) is 0.791. The summed E-state index contributed by atoms with van der Waals surface area (Å²) in [6.07, 6.45) is 1.30. The average molecular weight is 396 g/mol. The number of nitrogens with one attached hydrogen (secondary N) is 1. The van der Waals surface area contributed by atoms with E-state index in [1.165, 1.54) is 0 Å². The van der Waals surface area contributed by atoms with E-state index in [2.05, 4.69) is 26.1 Å². The zero-order valence-corrected chi connectivity index (χ0v) is 17.5. The van der Waals surface area contributed by atoms with E-state index in [0.717, 1.165) is 11.3 Å². The van der Waals surface area contributed by atoms with Gasteiger partial charge >= 0.3 is 0 Å². The molecular weight excluding hydrogens is 368 g/mol. The molecule has 2 aromatic rings. The van der Waals surface area contributed by atoms with E-state index in [1.54, 1.807) is 6.07 Å². The van der Waals surface area contributed by atoms with E-state index >= 15 is 0 Å². The minimum Gasteiger partial charge on any atom is -0.484 e. The number of para-hydroxylation sites is 1. The molecule has 4 rings (SSSR count). The second-order valence-corrected chi connectivity index (χ2v) is 9.13. The minimum atomic E-state index is -0.492. The van der Waals surface area contributed by atoms with Gasteiger partial charge in [-0.25, -0.2) is 0 Å². The fraction of sp³-hybridized carbons (Fsp3) is 0.478. The largest absolute Gasteiger partial charge is 0.484 e. The number of carbonyl (C=O) groups excluding carboxylic acids is 2. The molecule has 3 heterocycles.